The Morgan fingerprint density at radius 3 is 3.11 bits per heavy atom. The maximum Gasteiger partial charge on any atom is 0.100 e. The number of nitrogens with one attached hydrogen (secondary N) is 1. The summed E-state index contributed by atoms with van der Waals surface area (Å²) in [4.78, 5) is 1.23. The number of nitriles is 1. The lowest BCUT2D eigenvalue weighted by Crippen LogP contribution is -2.31. The van der Waals surface area contributed by atoms with Crippen LogP contribution in [0, 0.1) is 23.2 Å². The Morgan fingerprint density at radius 2 is 2.44 bits per heavy atom. The molecular weight excluding hydrogens is 244 g/mol. The first-order valence-corrected chi connectivity index (χ1v) is 7.38. The monoisotopic (exact) mass is 264 g/mol. The minimum Gasteiger partial charge on any atom is -0.378 e. The van der Waals surface area contributed by atoms with Gasteiger partial charge in [-0.1, -0.05) is 13.8 Å². The standard InChI is InChI=1S/C14H20N2OS/c1-10(2)14-12(3-4-17-14)7-16-8-13-5-11(6-15)9-18-13/h5,9-10,12,14,16H,3-4,7-8H2,1-2H3/t12-,14-/m1/s1. The van der Waals surface area contributed by atoms with E-state index in [1.807, 2.05) is 11.4 Å². The SMILES string of the molecule is CC(C)[C@H]1OCC[C@@H]1CNCc1cc(C#N)cs1. The van der Waals surface area contributed by atoms with E-state index in [1.165, 1.54) is 4.88 Å². The van der Waals surface area contributed by atoms with E-state index < -0.39 is 0 Å². The molecule has 2 heterocycles. The average Bonchev–Trinajstić information content (AvgIpc) is 2.97. The van der Waals surface area contributed by atoms with Gasteiger partial charge < -0.3 is 10.1 Å². The van der Waals surface area contributed by atoms with Crippen LogP contribution in [-0.4, -0.2) is 19.3 Å². The summed E-state index contributed by atoms with van der Waals surface area (Å²) in [5.74, 6) is 1.21. The highest BCUT2D eigenvalue weighted by Crippen LogP contribution is 2.26. The molecule has 0 saturated carbocycles. The van der Waals surface area contributed by atoms with Gasteiger partial charge in [0.25, 0.3) is 0 Å². The fourth-order valence-corrected chi connectivity index (χ4v) is 3.30. The van der Waals surface area contributed by atoms with Crippen molar-refractivity contribution in [2.45, 2.75) is 32.9 Å². The van der Waals surface area contributed by atoms with Crippen molar-refractivity contribution in [2.24, 2.45) is 11.8 Å². The van der Waals surface area contributed by atoms with Gasteiger partial charge in [-0.05, 0) is 24.3 Å². The van der Waals surface area contributed by atoms with Gasteiger partial charge in [0, 0.05) is 30.0 Å². The lowest BCUT2D eigenvalue weighted by atomic mass is 9.93. The van der Waals surface area contributed by atoms with Crippen molar-refractivity contribution in [2.75, 3.05) is 13.2 Å². The molecule has 0 amide bonds. The Hall–Kier alpha value is -0.890. The van der Waals surface area contributed by atoms with Gasteiger partial charge in [-0.25, -0.2) is 0 Å². The van der Waals surface area contributed by atoms with Gasteiger partial charge in [0.2, 0.25) is 0 Å². The molecule has 4 heteroatoms. The van der Waals surface area contributed by atoms with Gasteiger partial charge >= 0.3 is 0 Å². The first-order chi connectivity index (χ1) is 8.70. The Bertz CT molecular complexity index is 422. The predicted octanol–water partition coefficient (Wildman–Crippen LogP) is 2.77. The van der Waals surface area contributed by atoms with Crippen molar-refractivity contribution >= 4 is 11.3 Å². The van der Waals surface area contributed by atoms with Gasteiger partial charge in [0.15, 0.2) is 0 Å². The lowest BCUT2D eigenvalue weighted by Gasteiger charge is -2.22. The summed E-state index contributed by atoms with van der Waals surface area (Å²) < 4.78 is 5.77. The number of hydrogen-bond donors (Lipinski definition) is 1. The molecule has 0 radical (unpaired) electrons. The van der Waals surface area contributed by atoms with E-state index >= 15 is 0 Å². The number of ether oxygens (including phenoxy) is 1. The van der Waals surface area contributed by atoms with Crippen molar-refractivity contribution < 1.29 is 4.74 Å². The highest BCUT2D eigenvalue weighted by atomic mass is 32.1. The Balaban J connectivity index is 1.76. The minimum atomic E-state index is 0.399. The maximum absolute atomic E-state index is 8.76. The highest BCUT2D eigenvalue weighted by Gasteiger charge is 2.30. The third-order valence-corrected chi connectivity index (χ3v) is 4.35. The molecule has 2 rings (SSSR count). The van der Waals surface area contributed by atoms with Crippen LogP contribution in [0.5, 0.6) is 0 Å². The fourth-order valence-electron chi connectivity index (χ4n) is 2.52. The predicted molar refractivity (Wildman–Crippen MR) is 73.4 cm³/mol. The minimum absolute atomic E-state index is 0.399. The van der Waals surface area contributed by atoms with Crippen molar-refractivity contribution in [1.82, 2.24) is 5.32 Å². The van der Waals surface area contributed by atoms with Crippen LogP contribution in [0.25, 0.3) is 0 Å². The van der Waals surface area contributed by atoms with Crippen LogP contribution in [0.3, 0.4) is 0 Å². The first kappa shape index (κ1) is 13.5. The molecule has 18 heavy (non-hydrogen) atoms. The smallest absolute Gasteiger partial charge is 0.100 e. The highest BCUT2D eigenvalue weighted by molar-refractivity contribution is 7.10. The second kappa shape index (κ2) is 6.33. The second-order valence-electron chi connectivity index (χ2n) is 5.17. The molecule has 1 saturated heterocycles. The van der Waals surface area contributed by atoms with Gasteiger partial charge in [-0.3, -0.25) is 0 Å². The van der Waals surface area contributed by atoms with Crippen molar-refractivity contribution in [3.05, 3.63) is 21.9 Å². The molecule has 0 aliphatic carbocycles. The molecule has 1 fully saturated rings. The summed E-state index contributed by atoms with van der Waals surface area (Å²) >= 11 is 1.65. The summed E-state index contributed by atoms with van der Waals surface area (Å²) in [6, 6.07) is 4.12. The van der Waals surface area contributed by atoms with E-state index in [9.17, 15) is 0 Å². The third kappa shape index (κ3) is 3.32. The summed E-state index contributed by atoms with van der Waals surface area (Å²) in [5, 5.41) is 14.2. The molecule has 2 atom stereocenters. The van der Waals surface area contributed by atoms with Gasteiger partial charge in [-0.2, -0.15) is 5.26 Å². The van der Waals surface area contributed by atoms with Gasteiger partial charge in [0.1, 0.15) is 6.07 Å². The quantitative estimate of drug-likeness (QED) is 0.889. The van der Waals surface area contributed by atoms with Gasteiger partial charge in [0.05, 0.1) is 11.7 Å². The largest absolute Gasteiger partial charge is 0.378 e. The Labute approximate surface area is 113 Å². The van der Waals surface area contributed by atoms with E-state index in [2.05, 4.69) is 25.2 Å². The summed E-state index contributed by atoms with van der Waals surface area (Å²) in [7, 11) is 0. The molecule has 0 aromatic carbocycles. The van der Waals surface area contributed by atoms with E-state index in [-0.39, 0.29) is 0 Å². The maximum atomic E-state index is 8.76. The molecule has 1 N–H and O–H groups in total. The molecule has 1 aliphatic rings. The van der Waals surface area contributed by atoms with E-state index in [0.717, 1.165) is 31.7 Å². The molecule has 1 aromatic rings. The zero-order valence-electron chi connectivity index (χ0n) is 11.0. The van der Waals surface area contributed by atoms with Crippen LogP contribution in [0.15, 0.2) is 11.4 Å². The lowest BCUT2D eigenvalue weighted by molar-refractivity contribution is 0.0539. The van der Waals surface area contributed by atoms with Crippen LogP contribution >= 0.6 is 11.3 Å². The van der Waals surface area contributed by atoms with Gasteiger partial charge in [-0.15, -0.1) is 11.3 Å². The van der Waals surface area contributed by atoms with E-state index in [4.69, 9.17) is 10.00 Å². The number of thiophene rings is 1. The normalized spacial score (nSPS) is 23.4. The molecule has 1 aromatic heterocycles. The zero-order valence-corrected chi connectivity index (χ0v) is 11.8. The van der Waals surface area contributed by atoms with Crippen LogP contribution in [0.2, 0.25) is 0 Å². The van der Waals surface area contributed by atoms with Crippen LogP contribution in [-0.2, 0) is 11.3 Å². The van der Waals surface area contributed by atoms with Crippen LogP contribution in [0.4, 0.5) is 0 Å². The van der Waals surface area contributed by atoms with Crippen LogP contribution in [0.1, 0.15) is 30.7 Å². The average molecular weight is 264 g/mol. The van der Waals surface area contributed by atoms with Crippen molar-refractivity contribution in [1.29, 1.82) is 5.26 Å². The Morgan fingerprint density at radius 1 is 1.61 bits per heavy atom. The molecule has 0 unspecified atom stereocenters. The van der Waals surface area contributed by atoms with E-state index in [1.54, 1.807) is 11.3 Å². The van der Waals surface area contributed by atoms with Crippen molar-refractivity contribution in [3.8, 4) is 6.07 Å². The fraction of sp³-hybridized carbons (Fsp3) is 0.643. The number of hydrogen-bond acceptors (Lipinski definition) is 4. The second-order valence-corrected chi connectivity index (χ2v) is 6.17. The Kier molecular flexibility index (Phi) is 4.76. The molecule has 98 valence electrons. The summed E-state index contributed by atoms with van der Waals surface area (Å²) in [6.45, 7) is 7.20. The van der Waals surface area contributed by atoms with E-state index in [0.29, 0.717) is 17.9 Å². The molecule has 1 aliphatic heterocycles. The number of nitrogens with zero attached hydrogens (tertiary/aromatic N) is 1. The molecular formula is C14H20N2OS. The first-order valence-electron chi connectivity index (χ1n) is 6.50. The topological polar surface area (TPSA) is 45.0 Å². The van der Waals surface area contributed by atoms with Crippen LogP contribution < -0.4 is 5.32 Å². The molecule has 3 nitrogen and oxygen atoms in total. The van der Waals surface area contributed by atoms with Crippen molar-refractivity contribution in [3.63, 3.8) is 0 Å². The number of rotatable bonds is 5. The molecule has 0 spiro atoms. The zero-order chi connectivity index (χ0) is 13.0. The summed E-state index contributed by atoms with van der Waals surface area (Å²) in [6.07, 6.45) is 1.56. The summed E-state index contributed by atoms with van der Waals surface area (Å²) in [5.41, 5.74) is 0.765. The molecule has 0 bridgehead atoms. The third-order valence-electron chi connectivity index (χ3n) is 3.41.